The SMILES string of the molecule is Cc1ccc(CS(=O)(=O)C(CS(=O)(=O)c2ccc(C)cc2)C(=O)c2ccc(CN=[N+]=[N-])cc2)cc1. The molecule has 0 aliphatic rings. The molecule has 0 aliphatic heterocycles. The predicted molar refractivity (Wildman–Crippen MR) is 134 cm³/mol. The van der Waals surface area contributed by atoms with Crippen LogP contribution in [0, 0.1) is 13.8 Å². The molecule has 0 aliphatic carbocycles. The second-order valence-corrected chi connectivity index (χ2v) is 12.5. The molecule has 0 fully saturated rings. The standard InChI is InChI=1S/C25H25N3O5S2/c1-18-3-7-21(8-4-18)16-35(32,33)24(17-34(30,31)23-13-5-19(2)6-14-23)25(29)22-11-9-20(10-12-22)15-27-28-26/h3-14,24H,15-17H2,1-2H3. The third-order valence-corrected chi connectivity index (χ3v) is 9.48. The minimum atomic E-state index is -4.20. The van der Waals surface area contributed by atoms with Crippen LogP contribution in [0.1, 0.15) is 32.6 Å². The molecular formula is C25H25N3O5S2. The quantitative estimate of drug-likeness (QED) is 0.167. The van der Waals surface area contributed by atoms with Crippen LogP contribution in [-0.2, 0) is 32.0 Å². The van der Waals surface area contributed by atoms with Crippen molar-refractivity contribution in [2.24, 2.45) is 5.11 Å². The highest BCUT2D eigenvalue weighted by atomic mass is 32.2. The van der Waals surface area contributed by atoms with Gasteiger partial charge in [0.05, 0.1) is 22.9 Å². The third kappa shape index (κ3) is 6.79. The average Bonchev–Trinajstić information content (AvgIpc) is 2.83. The van der Waals surface area contributed by atoms with Crippen LogP contribution in [-0.4, -0.2) is 33.6 Å². The van der Waals surface area contributed by atoms with Crippen LogP contribution >= 0.6 is 0 Å². The van der Waals surface area contributed by atoms with Crippen molar-refractivity contribution in [3.8, 4) is 0 Å². The molecule has 0 bridgehead atoms. The molecule has 1 unspecified atom stereocenters. The van der Waals surface area contributed by atoms with E-state index in [0.29, 0.717) is 11.1 Å². The summed E-state index contributed by atoms with van der Waals surface area (Å²) in [4.78, 5) is 16.0. The first-order valence-corrected chi connectivity index (χ1v) is 14.1. The molecule has 0 radical (unpaired) electrons. The third-order valence-electron chi connectivity index (χ3n) is 5.52. The molecule has 0 heterocycles. The van der Waals surface area contributed by atoms with Gasteiger partial charge in [0.2, 0.25) is 0 Å². The van der Waals surface area contributed by atoms with Crippen molar-refractivity contribution >= 4 is 25.5 Å². The maximum atomic E-state index is 13.4. The summed E-state index contributed by atoms with van der Waals surface area (Å²) < 4.78 is 53.1. The molecule has 1 atom stereocenters. The zero-order valence-electron chi connectivity index (χ0n) is 19.3. The summed E-state index contributed by atoms with van der Waals surface area (Å²) >= 11 is 0. The van der Waals surface area contributed by atoms with Crippen LogP contribution in [0.3, 0.4) is 0 Å². The molecule has 0 N–H and O–H groups in total. The summed E-state index contributed by atoms with van der Waals surface area (Å²) in [6.45, 7) is 3.74. The van der Waals surface area contributed by atoms with Crippen LogP contribution in [0.25, 0.3) is 10.4 Å². The van der Waals surface area contributed by atoms with E-state index in [4.69, 9.17) is 5.53 Å². The number of hydrogen-bond donors (Lipinski definition) is 0. The van der Waals surface area contributed by atoms with Crippen LogP contribution < -0.4 is 0 Å². The van der Waals surface area contributed by atoms with Crippen LogP contribution in [0.15, 0.2) is 82.8 Å². The summed E-state index contributed by atoms with van der Waals surface area (Å²) in [5.41, 5.74) is 11.4. The lowest BCUT2D eigenvalue weighted by Crippen LogP contribution is -2.38. The zero-order valence-corrected chi connectivity index (χ0v) is 21.0. The van der Waals surface area contributed by atoms with E-state index in [1.54, 1.807) is 55.5 Å². The van der Waals surface area contributed by atoms with Gasteiger partial charge < -0.3 is 0 Å². The fourth-order valence-electron chi connectivity index (χ4n) is 3.47. The summed E-state index contributed by atoms with van der Waals surface area (Å²) in [7, 11) is -8.29. The van der Waals surface area contributed by atoms with Crippen molar-refractivity contribution in [2.45, 2.75) is 36.3 Å². The monoisotopic (exact) mass is 511 g/mol. The average molecular weight is 512 g/mol. The summed E-state index contributed by atoms with van der Waals surface area (Å²) in [6, 6.07) is 18.8. The van der Waals surface area contributed by atoms with Crippen LogP contribution in [0.2, 0.25) is 0 Å². The van der Waals surface area contributed by atoms with Crippen LogP contribution in [0.4, 0.5) is 0 Å². The number of sulfone groups is 2. The highest BCUT2D eigenvalue weighted by Gasteiger charge is 2.38. The fraction of sp³-hybridized carbons (Fsp3) is 0.240. The lowest BCUT2D eigenvalue weighted by molar-refractivity contribution is 0.0992. The van der Waals surface area contributed by atoms with E-state index in [-0.39, 0.29) is 17.0 Å². The number of benzene rings is 3. The van der Waals surface area contributed by atoms with E-state index in [1.807, 2.05) is 6.92 Å². The molecule has 3 aromatic carbocycles. The smallest absolute Gasteiger partial charge is 0.182 e. The van der Waals surface area contributed by atoms with Crippen LogP contribution in [0.5, 0.6) is 0 Å². The minimum Gasteiger partial charge on any atom is -0.293 e. The van der Waals surface area contributed by atoms with E-state index in [1.165, 1.54) is 24.3 Å². The van der Waals surface area contributed by atoms with Crippen molar-refractivity contribution in [1.82, 2.24) is 0 Å². The first kappa shape index (κ1) is 26.2. The zero-order chi connectivity index (χ0) is 25.6. The van der Waals surface area contributed by atoms with Gasteiger partial charge in [0.15, 0.2) is 25.5 Å². The van der Waals surface area contributed by atoms with Crippen molar-refractivity contribution in [1.29, 1.82) is 0 Å². The number of azide groups is 1. The number of ketones is 1. The highest BCUT2D eigenvalue weighted by molar-refractivity contribution is 7.95. The van der Waals surface area contributed by atoms with E-state index < -0.39 is 42.2 Å². The van der Waals surface area contributed by atoms with E-state index in [0.717, 1.165) is 11.1 Å². The van der Waals surface area contributed by atoms with E-state index in [9.17, 15) is 21.6 Å². The van der Waals surface area contributed by atoms with E-state index >= 15 is 0 Å². The Morgan fingerprint density at radius 1 is 0.829 bits per heavy atom. The maximum absolute atomic E-state index is 13.4. The number of aryl methyl sites for hydroxylation is 2. The second-order valence-electron chi connectivity index (χ2n) is 8.33. The molecule has 8 nitrogen and oxygen atoms in total. The van der Waals surface area contributed by atoms with Gasteiger partial charge in [-0.05, 0) is 42.6 Å². The molecule has 10 heteroatoms. The van der Waals surface area contributed by atoms with Gasteiger partial charge in [-0.25, -0.2) is 16.8 Å². The Bertz CT molecular complexity index is 1460. The van der Waals surface area contributed by atoms with Gasteiger partial charge >= 0.3 is 0 Å². The molecule has 0 saturated heterocycles. The van der Waals surface area contributed by atoms with Crippen molar-refractivity contribution in [3.05, 3.63) is 111 Å². The Hall–Kier alpha value is -3.46. The number of carbonyl (C=O) groups excluding carboxylic acids is 1. The summed E-state index contributed by atoms with van der Waals surface area (Å²) in [5, 5.41) is 1.66. The first-order chi connectivity index (χ1) is 16.5. The van der Waals surface area contributed by atoms with Gasteiger partial charge in [0, 0.05) is 10.5 Å². The Balaban J connectivity index is 2.00. The Kier molecular flexibility index (Phi) is 8.11. The van der Waals surface area contributed by atoms with Gasteiger partial charge in [0.1, 0.15) is 5.25 Å². The lowest BCUT2D eigenvalue weighted by atomic mass is 10.1. The molecule has 0 spiro atoms. The Morgan fingerprint density at radius 3 is 1.89 bits per heavy atom. The topological polar surface area (TPSA) is 134 Å². The first-order valence-electron chi connectivity index (χ1n) is 10.7. The van der Waals surface area contributed by atoms with Crippen molar-refractivity contribution < 1.29 is 21.6 Å². The number of rotatable bonds is 10. The molecular weight excluding hydrogens is 486 g/mol. The predicted octanol–water partition coefficient (Wildman–Crippen LogP) is 4.75. The minimum absolute atomic E-state index is 0.0452. The van der Waals surface area contributed by atoms with Gasteiger partial charge in [-0.3, -0.25) is 4.79 Å². The molecule has 0 amide bonds. The molecule has 35 heavy (non-hydrogen) atoms. The normalized spacial score (nSPS) is 12.5. The molecule has 0 aromatic heterocycles. The van der Waals surface area contributed by atoms with E-state index in [2.05, 4.69) is 10.0 Å². The van der Waals surface area contributed by atoms with Gasteiger partial charge in [0.25, 0.3) is 0 Å². The number of Topliss-reactive ketones (excluding diaryl/α,β-unsaturated/α-hetero) is 1. The molecule has 0 saturated carbocycles. The van der Waals surface area contributed by atoms with Crippen molar-refractivity contribution in [3.63, 3.8) is 0 Å². The van der Waals surface area contributed by atoms with Gasteiger partial charge in [-0.2, -0.15) is 0 Å². The lowest BCUT2D eigenvalue weighted by Gasteiger charge is -2.18. The molecule has 3 aromatic rings. The fourth-order valence-corrected chi connectivity index (χ4v) is 7.45. The second kappa shape index (κ2) is 10.9. The summed E-state index contributed by atoms with van der Waals surface area (Å²) in [6.07, 6.45) is 0. The Labute approximate surface area is 205 Å². The number of hydrogen-bond acceptors (Lipinski definition) is 6. The van der Waals surface area contributed by atoms with Crippen molar-refractivity contribution in [2.75, 3.05) is 5.75 Å². The maximum Gasteiger partial charge on any atom is 0.182 e. The molecule has 3 rings (SSSR count). The number of nitrogens with zero attached hydrogens (tertiary/aromatic N) is 3. The largest absolute Gasteiger partial charge is 0.293 e. The summed E-state index contributed by atoms with van der Waals surface area (Å²) in [5.74, 6) is -2.14. The Morgan fingerprint density at radius 2 is 1.34 bits per heavy atom. The van der Waals surface area contributed by atoms with Gasteiger partial charge in [-0.15, -0.1) is 0 Å². The molecule has 182 valence electrons. The highest BCUT2D eigenvalue weighted by Crippen LogP contribution is 2.22. The number of carbonyl (C=O) groups is 1. The van der Waals surface area contributed by atoms with Gasteiger partial charge in [-0.1, -0.05) is 76.9 Å².